The average Bonchev–Trinajstić information content (AvgIpc) is 3.28. The minimum absolute atomic E-state index is 0.218. The largest absolute Gasteiger partial charge is 0.323 e. The molecule has 1 aliphatic carbocycles. The third-order valence-electron chi connectivity index (χ3n) is 5.28. The zero-order valence-electron chi connectivity index (χ0n) is 12.5. The molecule has 0 radical (unpaired) electrons. The van der Waals surface area contributed by atoms with Gasteiger partial charge in [0.05, 0.1) is 16.1 Å². The van der Waals surface area contributed by atoms with E-state index in [2.05, 4.69) is 22.9 Å². The molecule has 21 heavy (non-hydrogen) atoms. The number of para-hydroxylation sites is 1. The van der Waals surface area contributed by atoms with Crippen molar-refractivity contribution in [1.82, 2.24) is 14.9 Å². The van der Waals surface area contributed by atoms with E-state index in [0.29, 0.717) is 6.04 Å². The predicted molar refractivity (Wildman–Crippen MR) is 87.1 cm³/mol. The van der Waals surface area contributed by atoms with E-state index in [1.807, 2.05) is 12.1 Å². The van der Waals surface area contributed by atoms with Crippen LogP contribution in [0.25, 0.3) is 11.0 Å². The van der Waals surface area contributed by atoms with Crippen LogP contribution in [-0.4, -0.2) is 22.6 Å². The van der Waals surface area contributed by atoms with Crippen molar-refractivity contribution in [3.05, 3.63) is 29.0 Å². The highest BCUT2D eigenvalue weighted by atomic mass is 35.5. The van der Waals surface area contributed by atoms with Crippen LogP contribution >= 0.6 is 11.6 Å². The SMILES string of the molecule is CCC1(c2nc3cccc(Cl)c3n2C2CC2)CCNCC1. The predicted octanol–water partition coefficient (Wildman–Crippen LogP) is 4.06. The zero-order chi connectivity index (χ0) is 14.4. The lowest BCUT2D eigenvalue weighted by Gasteiger charge is -2.36. The summed E-state index contributed by atoms with van der Waals surface area (Å²) in [5, 5.41) is 4.34. The third kappa shape index (κ3) is 2.09. The van der Waals surface area contributed by atoms with Crippen LogP contribution in [0, 0.1) is 0 Å². The van der Waals surface area contributed by atoms with Crippen molar-refractivity contribution in [2.24, 2.45) is 0 Å². The minimum atomic E-state index is 0.218. The molecular weight excluding hydrogens is 282 g/mol. The molecule has 2 aliphatic rings. The Morgan fingerprint density at radius 1 is 1.33 bits per heavy atom. The molecule has 0 spiro atoms. The summed E-state index contributed by atoms with van der Waals surface area (Å²) in [6, 6.07) is 6.73. The summed E-state index contributed by atoms with van der Waals surface area (Å²) in [5.41, 5.74) is 2.44. The van der Waals surface area contributed by atoms with Crippen LogP contribution in [0.4, 0.5) is 0 Å². The van der Waals surface area contributed by atoms with E-state index < -0.39 is 0 Å². The first kappa shape index (κ1) is 13.6. The number of nitrogens with one attached hydrogen (secondary N) is 1. The monoisotopic (exact) mass is 303 g/mol. The fourth-order valence-electron chi connectivity index (χ4n) is 3.81. The Morgan fingerprint density at radius 3 is 2.76 bits per heavy atom. The number of rotatable bonds is 3. The van der Waals surface area contributed by atoms with Crippen LogP contribution in [-0.2, 0) is 5.41 Å². The number of piperidine rings is 1. The number of fused-ring (bicyclic) bond motifs is 1. The second-order valence-corrected chi connectivity index (χ2v) is 6.94. The van der Waals surface area contributed by atoms with Crippen LogP contribution in [0.15, 0.2) is 18.2 Å². The van der Waals surface area contributed by atoms with Gasteiger partial charge in [0.25, 0.3) is 0 Å². The van der Waals surface area contributed by atoms with E-state index in [-0.39, 0.29) is 5.41 Å². The van der Waals surface area contributed by atoms with E-state index in [1.165, 1.54) is 31.5 Å². The molecule has 3 nitrogen and oxygen atoms in total. The Balaban J connectivity index is 1.95. The molecule has 1 aromatic carbocycles. The first-order valence-corrected chi connectivity index (χ1v) is 8.50. The third-order valence-corrected chi connectivity index (χ3v) is 5.59. The number of hydrogen-bond donors (Lipinski definition) is 1. The summed E-state index contributed by atoms with van der Waals surface area (Å²) < 4.78 is 2.48. The summed E-state index contributed by atoms with van der Waals surface area (Å²) >= 11 is 6.50. The Morgan fingerprint density at radius 2 is 2.10 bits per heavy atom. The van der Waals surface area contributed by atoms with Gasteiger partial charge in [-0.3, -0.25) is 0 Å². The summed E-state index contributed by atoms with van der Waals surface area (Å²) in [4.78, 5) is 5.05. The van der Waals surface area contributed by atoms with Crippen LogP contribution in [0.5, 0.6) is 0 Å². The fraction of sp³-hybridized carbons (Fsp3) is 0.588. The maximum atomic E-state index is 6.50. The van der Waals surface area contributed by atoms with Crippen LogP contribution in [0.2, 0.25) is 5.02 Å². The van der Waals surface area contributed by atoms with E-state index in [1.54, 1.807) is 0 Å². The van der Waals surface area contributed by atoms with Crippen molar-refractivity contribution in [3.63, 3.8) is 0 Å². The second-order valence-electron chi connectivity index (χ2n) is 6.53. The van der Waals surface area contributed by atoms with Gasteiger partial charge in [0, 0.05) is 11.5 Å². The number of halogens is 1. The first-order valence-electron chi connectivity index (χ1n) is 8.13. The van der Waals surface area contributed by atoms with Gasteiger partial charge in [0.1, 0.15) is 5.82 Å². The van der Waals surface area contributed by atoms with Crippen molar-refractivity contribution in [2.75, 3.05) is 13.1 Å². The molecule has 1 saturated carbocycles. The standard InChI is InChI=1S/C17H22ClN3/c1-2-17(8-10-19-11-9-17)16-20-14-5-3-4-13(18)15(14)21(16)12-6-7-12/h3-5,12,19H,2,6-11H2,1H3. The molecule has 0 unspecified atom stereocenters. The minimum Gasteiger partial charge on any atom is -0.323 e. The van der Waals surface area contributed by atoms with Crippen molar-refractivity contribution in [1.29, 1.82) is 0 Å². The lowest BCUT2D eigenvalue weighted by molar-refractivity contribution is 0.274. The van der Waals surface area contributed by atoms with E-state index in [4.69, 9.17) is 16.6 Å². The lowest BCUT2D eigenvalue weighted by atomic mass is 9.76. The van der Waals surface area contributed by atoms with Gasteiger partial charge in [-0.05, 0) is 57.3 Å². The smallest absolute Gasteiger partial charge is 0.116 e. The van der Waals surface area contributed by atoms with Gasteiger partial charge in [-0.15, -0.1) is 0 Å². The van der Waals surface area contributed by atoms with E-state index in [0.717, 1.165) is 35.6 Å². The van der Waals surface area contributed by atoms with Crippen molar-refractivity contribution in [2.45, 2.75) is 50.5 Å². The Bertz CT molecular complexity index is 666. The van der Waals surface area contributed by atoms with Crippen LogP contribution in [0.3, 0.4) is 0 Å². The molecule has 1 aromatic heterocycles. The summed E-state index contributed by atoms with van der Waals surface area (Å²) in [6.45, 7) is 4.49. The Labute approximate surface area is 130 Å². The van der Waals surface area contributed by atoms with Crippen molar-refractivity contribution in [3.8, 4) is 0 Å². The maximum absolute atomic E-state index is 6.50. The normalized spacial score (nSPS) is 21.8. The molecular formula is C17H22ClN3. The Hall–Kier alpha value is -1.06. The fourth-order valence-corrected chi connectivity index (χ4v) is 4.07. The van der Waals surface area contributed by atoms with E-state index in [9.17, 15) is 0 Å². The van der Waals surface area contributed by atoms with Gasteiger partial charge in [-0.2, -0.15) is 0 Å². The van der Waals surface area contributed by atoms with Gasteiger partial charge in [0.2, 0.25) is 0 Å². The lowest BCUT2D eigenvalue weighted by Crippen LogP contribution is -2.41. The number of aromatic nitrogens is 2. The number of benzene rings is 1. The molecule has 2 fully saturated rings. The number of imidazole rings is 1. The molecule has 4 rings (SSSR count). The van der Waals surface area contributed by atoms with Gasteiger partial charge >= 0.3 is 0 Å². The topological polar surface area (TPSA) is 29.9 Å². The molecule has 1 aliphatic heterocycles. The molecule has 2 aromatic rings. The highest BCUT2D eigenvalue weighted by Crippen LogP contribution is 2.46. The Kier molecular flexibility index (Phi) is 3.23. The van der Waals surface area contributed by atoms with Gasteiger partial charge < -0.3 is 9.88 Å². The zero-order valence-corrected chi connectivity index (χ0v) is 13.3. The van der Waals surface area contributed by atoms with Gasteiger partial charge in [0.15, 0.2) is 0 Å². The summed E-state index contributed by atoms with van der Waals surface area (Å²) in [6.07, 6.45) is 6.04. The highest BCUT2D eigenvalue weighted by Gasteiger charge is 2.40. The second kappa shape index (κ2) is 4.99. The van der Waals surface area contributed by atoms with Crippen LogP contribution in [0.1, 0.15) is 50.9 Å². The average molecular weight is 304 g/mol. The van der Waals surface area contributed by atoms with E-state index >= 15 is 0 Å². The number of nitrogens with zero attached hydrogens (tertiary/aromatic N) is 2. The molecule has 0 atom stereocenters. The molecule has 112 valence electrons. The highest BCUT2D eigenvalue weighted by molar-refractivity contribution is 6.35. The quantitative estimate of drug-likeness (QED) is 0.927. The van der Waals surface area contributed by atoms with Crippen molar-refractivity contribution < 1.29 is 0 Å². The van der Waals surface area contributed by atoms with Crippen LogP contribution < -0.4 is 5.32 Å². The summed E-state index contributed by atoms with van der Waals surface area (Å²) in [5.74, 6) is 1.29. The molecule has 1 saturated heterocycles. The van der Waals surface area contributed by atoms with Crippen molar-refractivity contribution >= 4 is 22.6 Å². The maximum Gasteiger partial charge on any atom is 0.116 e. The van der Waals surface area contributed by atoms with Gasteiger partial charge in [-0.1, -0.05) is 24.6 Å². The summed E-state index contributed by atoms with van der Waals surface area (Å²) in [7, 11) is 0. The number of hydrogen-bond acceptors (Lipinski definition) is 2. The molecule has 0 bridgehead atoms. The molecule has 1 N–H and O–H groups in total. The molecule has 0 amide bonds. The van der Waals surface area contributed by atoms with Gasteiger partial charge in [-0.25, -0.2) is 4.98 Å². The first-order chi connectivity index (χ1) is 10.2. The molecule has 4 heteroatoms. The molecule has 2 heterocycles.